The van der Waals surface area contributed by atoms with Crippen molar-refractivity contribution < 1.29 is 8.42 Å². The van der Waals surface area contributed by atoms with Crippen molar-refractivity contribution in [2.75, 3.05) is 0 Å². The van der Waals surface area contributed by atoms with Crippen LogP contribution in [0.2, 0.25) is 0 Å². The molecule has 0 fully saturated rings. The highest BCUT2D eigenvalue weighted by Gasteiger charge is 2.06. The maximum Gasteiger partial charge on any atom is 0.204 e. The number of hydrogen-bond acceptors (Lipinski definition) is 5. The monoisotopic (exact) mass is 255 g/mol. The molecule has 2 aromatic rings. The molecular formula is C9H13N5O2S. The van der Waals surface area contributed by atoms with Crippen LogP contribution in [0.15, 0.2) is 18.2 Å². The molecule has 3 N–H and O–H groups in total. The fourth-order valence-corrected chi connectivity index (χ4v) is 1.27. The first-order valence-electron chi connectivity index (χ1n) is 4.71. The molecule has 0 saturated heterocycles. The number of thiol groups is 1. The summed E-state index contributed by atoms with van der Waals surface area (Å²) in [4.78, 5) is 0. The van der Waals surface area contributed by atoms with Crippen molar-refractivity contribution in [1.82, 2.24) is 20.6 Å². The van der Waals surface area contributed by atoms with Gasteiger partial charge in [0, 0.05) is 5.56 Å². The molecule has 8 heteroatoms. The molecule has 0 atom stereocenters. The summed E-state index contributed by atoms with van der Waals surface area (Å²) in [6.45, 7) is 4.12. The van der Waals surface area contributed by atoms with E-state index in [4.69, 9.17) is 8.42 Å². The van der Waals surface area contributed by atoms with Gasteiger partial charge in [-0.1, -0.05) is 18.2 Å². The van der Waals surface area contributed by atoms with Crippen molar-refractivity contribution in [3.05, 3.63) is 29.3 Å². The smallest absolute Gasteiger partial charge is 0.204 e. The molecule has 0 bridgehead atoms. The number of nitrogens with two attached hydrogens (primary N) is 1. The van der Waals surface area contributed by atoms with Crippen LogP contribution in [-0.2, 0) is 10.9 Å². The molecule has 7 nitrogen and oxygen atoms in total. The Hall–Kier alpha value is -1.80. The number of benzene rings is 1. The number of aryl methyl sites for hydroxylation is 1. The number of nitrogens with one attached hydrogen (secondary N) is 1. The summed E-state index contributed by atoms with van der Waals surface area (Å²) < 4.78 is 17.6. The Kier molecular flexibility index (Phi) is 4.73. The van der Waals surface area contributed by atoms with E-state index >= 15 is 0 Å². The lowest BCUT2D eigenvalue weighted by molar-refractivity contribution is 0.616. The minimum Gasteiger partial charge on any atom is -0.231 e. The minimum absolute atomic E-state index is 0.654. The number of aromatic nitrogens is 4. The van der Waals surface area contributed by atoms with Crippen LogP contribution in [0.4, 0.5) is 0 Å². The highest BCUT2D eigenvalue weighted by atomic mass is 32.2. The second-order valence-electron chi connectivity index (χ2n) is 3.27. The summed E-state index contributed by atoms with van der Waals surface area (Å²) in [5.41, 5.74) is 3.47. The molecule has 17 heavy (non-hydrogen) atoms. The van der Waals surface area contributed by atoms with Crippen molar-refractivity contribution in [1.29, 1.82) is 0 Å². The predicted octanol–water partition coefficient (Wildman–Crippen LogP) is -0.0450. The van der Waals surface area contributed by atoms with Gasteiger partial charge in [0.15, 0.2) is 10.9 Å². The summed E-state index contributed by atoms with van der Waals surface area (Å²) in [5.74, 6) is 0.654. The molecule has 0 saturated carbocycles. The van der Waals surface area contributed by atoms with E-state index < -0.39 is 10.9 Å². The number of rotatable bonds is 1. The summed E-state index contributed by atoms with van der Waals surface area (Å²) in [7, 11) is -2.62. The zero-order chi connectivity index (χ0) is 12.8. The fraction of sp³-hybridized carbons (Fsp3) is 0.222. The third-order valence-electron chi connectivity index (χ3n) is 2.19. The van der Waals surface area contributed by atoms with Gasteiger partial charge in [0.05, 0.1) is 0 Å². The molecule has 0 aliphatic rings. The van der Waals surface area contributed by atoms with Crippen molar-refractivity contribution in [2.45, 2.75) is 13.8 Å². The Labute approximate surface area is 100 Å². The molecule has 1 aromatic heterocycles. The quantitative estimate of drug-likeness (QED) is 0.618. The molecule has 0 spiro atoms. The first-order chi connectivity index (χ1) is 8.02. The van der Waals surface area contributed by atoms with Crippen molar-refractivity contribution in [3.63, 3.8) is 0 Å². The van der Waals surface area contributed by atoms with Crippen LogP contribution in [0.25, 0.3) is 11.4 Å². The largest absolute Gasteiger partial charge is 0.231 e. The number of tetrazole rings is 1. The topological polar surface area (TPSA) is 115 Å². The van der Waals surface area contributed by atoms with Gasteiger partial charge in [0.25, 0.3) is 0 Å². The van der Waals surface area contributed by atoms with Gasteiger partial charge < -0.3 is 0 Å². The van der Waals surface area contributed by atoms with Gasteiger partial charge in [-0.05, 0) is 30.2 Å². The normalized spacial score (nSPS) is 9.88. The molecule has 1 aromatic carbocycles. The van der Waals surface area contributed by atoms with Crippen LogP contribution < -0.4 is 5.14 Å². The van der Waals surface area contributed by atoms with E-state index in [9.17, 15) is 0 Å². The van der Waals surface area contributed by atoms with E-state index in [-0.39, 0.29) is 0 Å². The highest BCUT2D eigenvalue weighted by Crippen LogP contribution is 2.20. The molecule has 0 unspecified atom stereocenters. The molecule has 0 aliphatic carbocycles. The van der Waals surface area contributed by atoms with Crippen molar-refractivity contribution in [2.24, 2.45) is 5.14 Å². The molecule has 0 radical (unpaired) electrons. The number of nitrogens with zero attached hydrogens (tertiary/aromatic N) is 3. The van der Waals surface area contributed by atoms with Gasteiger partial charge in [-0.25, -0.2) is 13.6 Å². The molecule has 0 amide bonds. The molecular weight excluding hydrogens is 242 g/mol. The summed E-state index contributed by atoms with van der Waals surface area (Å²) in [6, 6.07) is 6.06. The summed E-state index contributed by atoms with van der Waals surface area (Å²) in [5, 5.41) is 17.9. The molecule has 0 aliphatic heterocycles. The third kappa shape index (κ3) is 3.93. The van der Waals surface area contributed by atoms with Crippen LogP contribution in [0.1, 0.15) is 11.1 Å². The first-order valence-corrected chi connectivity index (χ1v) is 5.96. The number of aromatic amines is 1. The van der Waals surface area contributed by atoms with Gasteiger partial charge in [-0.3, -0.25) is 0 Å². The highest BCUT2D eigenvalue weighted by molar-refractivity contribution is 7.69. The van der Waals surface area contributed by atoms with Gasteiger partial charge >= 0.3 is 0 Å². The number of H-pyrrole nitrogens is 1. The Bertz CT molecular complexity index is 543. The van der Waals surface area contributed by atoms with Gasteiger partial charge in [-0.2, -0.15) is 5.21 Å². The summed E-state index contributed by atoms with van der Waals surface area (Å²) in [6.07, 6.45) is 0. The molecule has 1 heterocycles. The fourth-order valence-electron chi connectivity index (χ4n) is 1.27. The maximum atomic E-state index is 8.81. The van der Waals surface area contributed by atoms with Crippen LogP contribution in [-0.4, -0.2) is 29.0 Å². The molecule has 2 rings (SSSR count). The zero-order valence-corrected chi connectivity index (χ0v) is 10.3. The van der Waals surface area contributed by atoms with E-state index in [2.05, 4.69) is 45.7 Å². The van der Waals surface area contributed by atoms with Crippen LogP contribution in [0, 0.1) is 13.8 Å². The lowest BCUT2D eigenvalue weighted by Crippen LogP contribution is -1.88. The van der Waals surface area contributed by atoms with E-state index in [1.807, 2.05) is 12.1 Å². The average Bonchev–Trinajstić information content (AvgIpc) is 2.74. The Balaban J connectivity index is 0.000000317. The minimum atomic E-state index is -2.62. The van der Waals surface area contributed by atoms with E-state index in [1.54, 1.807) is 0 Å². The molecule has 92 valence electrons. The Morgan fingerprint density at radius 3 is 2.47 bits per heavy atom. The zero-order valence-electron chi connectivity index (χ0n) is 9.41. The van der Waals surface area contributed by atoms with E-state index in [0.29, 0.717) is 5.82 Å². The maximum absolute atomic E-state index is 8.81. The van der Waals surface area contributed by atoms with Crippen LogP contribution in [0.3, 0.4) is 0 Å². The Morgan fingerprint density at radius 2 is 1.94 bits per heavy atom. The standard InChI is InChI=1S/C9H10N4.H3NO2S/c1-6-4-3-5-8(7(6)2)9-10-12-13-11-9;1-4(2)3/h3-5H,1-2H3,(H,10,11,12,13);4H,(H2,1,2,3). The van der Waals surface area contributed by atoms with Crippen molar-refractivity contribution >= 4 is 10.9 Å². The average molecular weight is 255 g/mol. The van der Waals surface area contributed by atoms with E-state index in [1.165, 1.54) is 11.1 Å². The van der Waals surface area contributed by atoms with Gasteiger partial charge in [-0.15, -0.1) is 10.2 Å². The Morgan fingerprint density at radius 1 is 1.29 bits per heavy atom. The van der Waals surface area contributed by atoms with Crippen molar-refractivity contribution in [3.8, 4) is 11.4 Å². The number of hydrogen-bond donors (Lipinski definition) is 3. The third-order valence-corrected chi connectivity index (χ3v) is 2.19. The van der Waals surface area contributed by atoms with E-state index in [0.717, 1.165) is 5.56 Å². The van der Waals surface area contributed by atoms with Crippen LogP contribution in [0.5, 0.6) is 0 Å². The predicted molar refractivity (Wildman–Crippen MR) is 63.6 cm³/mol. The first kappa shape index (κ1) is 13.3. The second-order valence-corrected chi connectivity index (χ2v) is 3.84. The van der Waals surface area contributed by atoms with Gasteiger partial charge in [0.2, 0.25) is 5.82 Å². The van der Waals surface area contributed by atoms with Gasteiger partial charge in [0.1, 0.15) is 0 Å². The lowest BCUT2D eigenvalue weighted by Gasteiger charge is -2.03. The SMILES string of the molecule is Cc1cccc(-c2nn[nH]n2)c1C.N[SH](=O)=O. The summed E-state index contributed by atoms with van der Waals surface area (Å²) >= 11 is 0. The lowest BCUT2D eigenvalue weighted by atomic mass is 10.0. The second kappa shape index (κ2) is 6.06. The van der Waals surface area contributed by atoms with Crippen LogP contribution >= 0.6 is 0 Å².